The summed E-state index contributed by atoms with van der Waals surface area (Å²) in [4.78, 5) is 24.3. The molecule has 2 N–H and O–H groups in total. The SMILES string of the molecule is COc1ccc(Cl)cc1NC(=O)C(=O)Nc1c(C)cc(C)cc1Cl. The number of methoxy groups -OCH3 is 1. The predicted molar refractivity (Wildman–Crippen MR) is 96.2 cm³/mol. The van der Waals surface area contributed by atoms with Gasteiger partial charge < -0.3 is 15.4 Å². The number of aryl methyl sites for hydroxylation is 2. The molecule has 0 atom stereocenters. The largest absolute Gasteiger partial charge is 0.495 e. The summed E-state index contributed by atoms with van der Waals surface area (Å²) in [5, 5.41) is 5.77. The van der Waals surface area contributed by atoms with Crippen LogP contribution < -0.4 is 15.4 Å². The Labute approximate surface area is 149 Å². The zero-order chi connectivity index (χ0) is 17.9. The van der Waals surface area contributed by atoms with Gasteiger partial charge >= 0.3 is 11.8 Å². The lowest BCUT2D eigenvalue weighted by atomic mass is 10.1. The first kappa shape index (κ1) is 18.1. The lowest BCUT2D eigenvalue weighted by Crippen LogP contribution is -2.29. The van der Waals surface area contributed by atoms with Gasteiger partial charge in [0.2, 0.25) is 0 Å². The minimum Gasteiger partial charge on any atom is -0.495 e. The number of ether oxygens (including phenoxy) is 1. The Morgan fingerprint density at radius 3 is 2.29 bits per heavy atom. The Hall–Kier alpha value is -2.24. The van der Waals surface area contributed by atoms with E-state index in [0.717, 1.165) is 11.1 Å². The second kappa shape index (κ2) is 7.55. The summed E-state index contributed by atoms with van der Waals surface area (Å²) in [5.74, 6) is -1.30. The summed E-state index contributed by atoms with van der Waals surface area (Å²) in [6.45, 7) is 3.69. The van der Waals surface area contributed by atoms with Crippen molar-refractivity contribution in [3.05, 3.63) is 51.5 Å². The molecule has 0 radical (unpaired) electrons. The third-order valence-electron chi connectivity index (χ3n) is 3.29. The van der Waals surface area contributed by atoms with Crippen LogP contribution in [0.3, 0.4) is 0 Å². The van der Waals surface area contributed by atoms with E-state index in [1.165, 1.54) is 13.2 Å². The van der Waals surface area contributed by atoms with Gasteiger partial charge in [0.1, 0.15) is 5.75 Å². The van der Waals surface area contributed by atoms with Crippen LogP contribution in [0.5, 0.6) is 5.75 Å². The van der Waals surface area contributed by atoms with Gasteiger partial charge in [-0.25, -0.2) is 0 Å². The van der Waals surface area contributed by atoms with Crippen molar-refractivity contribution >= 4 is 46.4 Å². The molecule has 0 aliphatic rings. The predicted octanol–water partition coefficient (Wildman–Crippen LogP) is 4.20. The fraction of sp³-hybridized carbons (Fsp3) is 0.176. The molecule has 2 amide bonds. The van der Waals surface area contributed by atoms with Crippen molar-refractivity contribution in [2.75, 3.05) is 17.7 Å². The van der Waals surface area contributed by atoms with E-state index in [1.807, 2.05) is 13.0 Å². The molecule has 7 heteroatoms. The molecule has 24 heavy (non-hydrogen) atoms. The maximum Gasteiger partial charge on any atom is 0.314 e. The molecule has 5 nitrogen and oxygen atoms in total. The lowest BCUT2D eigenvalue weighted by Gasteiger charge is -2.13. The number of carbonyl (C=O) groups is 2. The van der Waals surface area contributed by atoms with Crippen molar-refractivity contribution in [1.29, 1.82) is 0 Å². The lowest BCUT2D eigenvalue weighted by molar-refractivity contribution is -0.133. The van der Waals surface area contributed by atoms with Crippen LogP contribution in [0, 0.1) is 13.8 Å². The fourth-order valence-electron chi connectivity index (χ4n) is 2.20. The van der Waals surface area contributed by atoms with Crippen molar-refractivity contribution in [2.45, 2.75) is 13.8 Å². The molecule has 0 spiro atoms. The standard InChI is InChI=1S/C17H16Cl2N2O3/c1-9-6-10(2)15(12(19)7-9)21-17(23)16(22)20-13-8-11(18)4-5-14(13)24-3/h4-8H,1-3H3,(H,20,22)(H,21,23). The molecular weight excluding hydrogens is 351 g/mol. The van der Waals surface area contributed by atoms with E-state index in [2.05, 4.69) is 10.6 Å². The van der Waals surface area contributed by atoms with E-state index < -0.39 is 11.8 Å². The van der Waals surface area contributed by atoms with Crippen LogP contribution in [-0.4, -0.2) is 18.9 Å². The first-order valence-corrected chi connectivity index (χ1v) is 7.80. The van der Waals surface area contributed by atoms with E-state index in [-0.39, 0.29) is 0 Å². The minimum absolute atomic E-state index is 0.303. The highest BCUT2D eigenvalue weighted by molar-refractivity contribution is 6.45. The van der Waals surface area contributed by atoms with Gasteiger partial charge in [0.25, 0.3) is 0 Å². The zero-order valence-electron chi connectivity index (χ0n) is 13.4. The fourth-order valence-corrected chi connectivity index (χ4v) is 2.74. The van der Waals surface area contributed by atoms with Gasteiger partial charge in [-0.2, -0.15) is 0 Å². The Morgan fingerprint density at radius 1 is 1.00 bits per heavy atom. The highest BCUT2D eigenvalue weighted by Gasteiger charge is 2.18. The molecule has 2 aromatic carbocycles. The third-order valence-corrected chi connectivity index (χ3v) is 3.82. The van der Waals surface area contributed by atoms with Crippen LogP contribution in [-0.2, 0) is 9.59 Å². The van der Waals surface area contributed by atoms with Crippen molar-refractivity contribution in [3.63, 3.8) is 0 Å². The summed E-state index contributed by atoms with van der Waals surface area (Å²) < 4.78 is 5.12. The van der Waals surface area contributed by atoms with Gasteiger partial charge in [-0.3, -0.25) is 9.59 Å². The van der Waals surface area contributed by atoms with Crippen LogP contribution >= 0.6 is 23.2 Å². The van der Waals surface area contributed by atoms with Crippen LogP contribution in [0.25, 0.3) is 0 Å². The summed E-state index contributed by atoms with van der Waals surface area (Å²) in [6.07, 6.45) is 0. The summed E-state index contributed by atoms with van der Waals surface area (Å²) in [7, 11) is 1.45. The molecule has 126 valence electrons. The molecule has 2 rings (SSSR count). The Morgan fingerprint density at radius 2 is 1.67 bits per heavy atom. The summed E-state index contributed by atoms with van der Waals surface area (Å²) in [5.41, 5.74) is 2.43. The highest BCUT2D eigenvalue weighted by atomic mass is 35.5. The summed E-state index contributed by atoms with van der Waals surface area (Å²) in [6, 6.07) is 8.28. The second-order valence-corrected chi connectivity index (χ2v) is 6.04. The maximum absolute atomic E-state index is 12.1. The first-order chi connectivity index (χ1) is 11.3. The quantitative estimate of drug-likeness (QED) is 0.800. The van der Waals surface area contributed by atoms with Crippen molar-refractivity contribution < 1.29 is 14.3 Å². The van der Waals surface area contributed by atoms with Crippen LogP contribution in [0.2, 0.25) is 10.0 Å². The summed E-state index contributed by atoms with van der Waals surface area (Å²) >= 11 is 12.0. The topological polar surface area (TPSA) is 67.4 Å². The number of anilines is 2. The van der Waals surface area contributed by atoms with Gasteiger partial charge in [-0.1, -0.05) is 29.3 Å². The second-order valence-electron chi connectivity index (χ2n) is 5.19. The smallest absolute Gasteiger partial charge is 0.314 e. The molecule has 0 fully saturated rings. The van der Waals surface area contributed by atoms with Crippen molar-refractivity contribution in [1.82, 2.24) is 0 Å². The number of nitrogens with one attached hydrogen (secondary N) is 2. The number of rotatable bonds is 3. The molecule has 0 heterocycles. The molecule has 0 saturated heterocycles. The van der Waals surface area contributed by atoms with E-state index in [9.17, 15) is 9.59 Å². The number of benzene rings is 2. The van der Waals surface area contributed by atoms with Gasteiger partial charge in [0, 0.05) is 5.02 Å². The Balaban J connectivity index is 2.17. The van der Waals surface area contributed by atoms with Crippen LogP contribution in [0.1, 0.15) is 11.1 Å². The van der Waals surface area contributed by atoms with Gasteiger partial charge in [-0.05, 0) is 49.2 Å². The van der Waals surface area contributed by atoms with Crippen LogP contribution in [0.4, 0.5) is 11.4 Å². The Bertz CT molecular complexity index is 783. The average molecular weight is 367 g/mol. The van der Waals surface area contributed by atoms with Gasteiger partial charge in [-0.15, -0.1) is 0 Å². The number of hydrogen-bond acceptors (Lipinski definition) is 3. The van der Waals surface area contributed by atoms with Gasteiger partial charge in [0.15, 0.2) is 0 Å². The van der Waals surface area contributed by atoms with Crippen LogP contribution in [0.15, 0.2) is 30.3 Å². The average Bonchev–Trinajstić information content (AvgIpc) is 2.50. The van der Waals surface area contributed by atoms with Gasteiger partial charge in [0.05, 0.1) is 23.5 Å². The molecule has 0 saturated carbocycles. The monoisotopic (exact) mass is 366 g/mol. The molecule has 0 aromatic heterocycles. The molecule has 2 aromatic rings. The molecule has 0 unspecified atom stereocenters. The number of hydrogen-bond donors (Lipinski definition) is 2. The molecule has 0 aliphatic heterocycles. The van der Waals surface area contributed by atoms with E-state index >= 15 is 0 Å². The van der Waals surface area contributed by atoms with Crippen molar-refractivity contribution in [3.8, 4) is 5.75 Å². The van der Waals surface area contributed by atoms with E-state index in [1.54, 1.807) is 25.1 Å². The minimum atomic E-state index is -0.855. The van der Waals surface area contributed by atoms with E-state index in [4.69, 9.17) is 27.9 Å². The third kappa shape index (κ3) is 4.19. The number of amides is 2. The van der Waals surface area contributed by atoms with E-state index in [0.29, 0.717) is 27.2 Å². The van der Waals surface area contributed by atoms with Crippen molar-refractivity contribution in [2.24, 2.45) is 0 Å². The normalized spacial score (nSPS) is 10.2. The zero-order valence-corrected chi connectivity index (χ0v) is 14.9. The number of halogens is 2. The molecular formula is C17H16Cl2N2O3. The first-order valence-electron chi connectivity index (χ1n) is 7.04. The molecule has 0 bridgehead atoms. The highest BCUT2D eigenvalue weighted by Crippen LogP contribution is 2.29. The Kier molecular flexibility index (Phi) is 5.70. The number of carbonyl (C=O) groups excluding carboxylic acids is 2. The molecule has 0 aliphatic carbocycles. The maximum atomic E-state index is 12.1.